The second kappa shape index (κ2) is 3.25. The lowest BCUT2D eigenvalue weighted by molar-refractivity contribution is 0.410. The standard InChI is InChI=1S/C11H13NO2/c1-7-6-12-11-9(14-3)5-4-8(13-2)10(7)11/h4-6,12H,1-3H3. The number of benzene rings is 1. The number of aryl methyl sites for hydroxylation is 1. The Kier molecular flexibility index (Phi) is 2.08. The number of ether oxygens (including phenoxy) is 2. The van der Waals surface area contributed by atoms with Crippen molar-refractivity contribution in [3.63, 3.8) is 0 Å². The van der Waals surface area contributed by atoms with Crippen LogP contribution < -0.4 is 9.47 Å². The van der Waals surface area contributed by atoms with Gasteiger partial charge in [0.05, 0.1) is 19.7 Å². The quantitative estimate of drug-likeness (QED) is 0.791. The maximum Gasteiger partial charge on any atom is 0.143 e. The summed E-state index contributed by atoms with van der Waals surface area (Å²) in [4.78, 5) is 3.18. The highest BCUT2D eigenvalue weighted by molar-refractivity contribution is 5.93. The van der Waals surface area contributed by atoms with E-state index in [2.05, 4.69) is 4.98 Å². The van der Waals surface area contributed by atoms with E-state index in [-0.39, 0.29) is 0 Å². The third-order valence-corrected chi connectivity index (χ3v) is 2.40. The maximum atomic E-state index is 5.29. The molecule has 0 unspecified atom stereocenters. The van der Waals surface area contributed by atoms with Crippen molar-refractivity contribution >= 4 is 10.9 Å². The SMILES string of the molecule is COc1ccc(OC)c2c(C)c[nH]c12. The zero-order valence-corrected chi connectivity index (χ0v) is 8.55. The van der Waals surface area contributed by atoms with Crippen LogP contribution in [0.15, 0.2) is 18.3 Å². The smallest absolute Gasteiger partial charge is 0.143 e. The molecule has 0 bridgehead atoms. The summed E-state index contributed by atoms with van der Waals surface area (Å²) < 4.78 is 10.5. The fraction of sp³-hybridized carbons (Fsp3) is 0.273. The molecule has 0 aliphatic heterocycles. The number of hydrogen-bond donors (Lipinski definition) is 1. The molecular weight excluding hydrogens is 178 g/mol. The lowest BCUT2D eigenvalue weighted by atomic mass is 10.1. The van der Waals surface area contributed by atoms with Crippen molar-refractivity contribution in [3.8, 4) is 11.5 Å². The van der Waals surface area contributed by atoms with E-state index in [4.69, 9.17) is 9.47 Å². The van der Waals surface area contributed by atoms with Crippen LogP contribution in [0.25, 0.3) is 10.9 Å². The van der Waals surface area contributed by atoms with Gasteiger partial charge < -0.3 is 14.5 Å². The predicted molar refractivity (Wildman–Crippen MR) is 56.1 cm³/mol. The van der Waals surface area contributed by atoms with E-state index in [0.29, 0.717) is 0 Å². The number of hydrogen-bond acceptors (Lipinski definition) is 2. The summed E-state index contributed by atoms with van der Waals surface area (Å²) >= 11 is 0. The molecule has 0 amide bonds. The summed E-state index contributed by atoms with van der Waals surface area (Å²) in [5.41, 5.74) is 2.15. The molecule has 1 heterocycles. The Hall–Kier alpha value is -1.64. The highest BCUT2D eigenvalue weighted by atomic mass is 16.5. The molecule has 3 heteroatoms. The Bertz CT molecular complexity index is 460. The zero-order chi connectivity index (χ0) is 10.1. The van der Waals surface area contributed by atoms with E-state index in [9.17, 15) is 0 Å². The van der Waals surface area contributed by atoms with Crippen LogP contribution in [-0.4, -0.2) is 19.2 Å². The van der Waals surface area contributed by atoms with Crippen LogP contribution in [0.1, 0.15) is 5.56 Å². The number of rotatable bonds is 2. The second-order valence-electron chi connectivity index (χ2n) is 3.19. The van der Waals surface area contributed by atoms with Crippen LogP contribution in [0, 0.1) is 6.92 Å². The first kappa shape index (κ1) is 8.94. The van der Waals surface area contributed by atoms with Crippen molar-refractivity contribution in [2.24, 2.45) is 0 Å². The Morgan fingerprint density at radius 1 is 1.07 bits per heavy atom. The molecule has 1 aromatic carbocycles. The molecule has 1 N–H and O–H groups in total. The molecular formula is C11H13NO2. The molecule has 0 radical (unpaired) electrons. The van der Waals surface area contributed by atoms with Gasteiger partial charge in [0.2, 0.25) is 0 Å². The lowest BCUT2D eigenvalue weighted by Crippen LogP contribution is -1.88. The molecule has 0 saturated heterocycles. The molecule has 2 rings (SSSR count). The molecule has 0 atom stereocenters. The number of nitrogens with one attached hydrogen (secondary N) is 1. The van der Waals surface area contributed by atoms with Gasteiger partial charge in [-0.25, -0.2) is 0 Å². The summed E-state index contributed by atoms with van der Waals surface area (Å²) in [5, 5.41) is 1.09. The van der Waals surface area contributed by atoms with Gasteiger partial charge >= 0.3 is 0 Å². The Morgan fingerprint density at radius 2 is 1.71 bits per heavy atom. The molecule has 3 nitrogen and oxygen atoms in total. The van der Waals surface area contributed by atoms with E-state index in [1.807, 2.05) is 25.3 Å². The Labute approximate surface area is 82.6 Å². The maximum absolute atomic E-state index is 5.29. The minimum absolute atomic E-state index is 0.842. The second-order valence-corrected chi connectivity index (χ2v) is 3.19. The van der Waals surface area contributed by atoms with Crippen LogP contribution in [0.2, 0.25) is 0 Å². The number of methoxy groups -OCH3 is 2. The summed E-state index contributed by atoms with van der Waals surface area (Å²) in [6, 6.07) is 3.82. The molecule has 1 aromatic heterocycles. The number of fused-ring (bicyclic) bond motifs is 1. The average Bonchev–Trinajstić information content (AvgIpc) is 2.60. The third kappa shape index (κ3) is 1.13. The highest BCUT2D eigenvalue weighted by Crippen LogP contribution is 2.34. The van der Waals surface area contributed by atoms with Gasteiger partial charge in [-0.3, -0.25) is 0 Å². The van der Waals surface area contributed by atoms with Gasteiger partial charge in [0.15, 0.2) is 0 Å². The van der Waals surface area contributed by atoms with Gasteiger partial charge in [0.25, 0.3) is 0 Å². The van der Waals surface area contributed by atoms with Gasteiger partial charge in [-0.05, 0) is 24.6 Å². The first-order valence-corrected chi connectivity index (χ1v) is 4.46. The summed E-state index contributed by atoms with van der Waals surface area (Å²) in [7, 11) is 3.34. The van der Waals surface area contributed by atoms with E-state index in [0.717, 1.165) is 28.0 Å². The van der Waals surface area contributed by atoms with E-state index in [1.165, 1.54) is 0 Å². The summed E-state index contributed by atoms with van der Waals surface area (Å²) in [6.45, 7) is 2.04. The van der Waals surface area contributed by atoms with Gasteiger partial charge in [-0.1, -0.05) is 0 Å². The van der Waals surface area contributed by atoms with E-state index >= 15 is 0 Å². The Morgan fingerprint density at radius 3 is 2.36 bits per heavy atom. The van der Waals surface area contributed by atoms with Crippen molar-refractivity contribution < 1.29 is 9.47 Å². The van der Waals surface area contributed by atoms with Crippen LogP contribution in [-0.2, 0) is 0 Å². The molecule has 0 saturated carbocycles. The van der Waals surface area contributed by atoms with Gasteiger partial charge in [-0.15, -0.1) is 0 Å². The fourth-order valence-corrected chi connectivity index (χ4v) is 1.69. The monoisotopic (exact) mass is 191 g/mol. The van der Waals surface area contributed by atoms with Crippen molar-refractivity contribution in [3.05, 3.63) is 23.9 Å². The molecule has 14 heavy (non-hydrogen) atoms. The van der Waals surface area contributed by atoms with Crippen LogP contribution in [0.5, 0.6) is 11.5 Å². The van der Waals surface area contributed by atoms with E-state index < -0.39 is 0 Å². The topological polar surface area (TPSA) is 34.2 Å². The van der Waals surface area contributed by atoms with Crippen LogP contribution in [0.4, 0.5) is 0 Å². The van der Waals surface area contributed by atoms with Gasteiger partial charge in [0, 0.05) is 11.6 Å². The Balaban J connectivity index is 2.81. The summed E-state index contributed by atoms with van der Waals surface area (Å²) in [5.74, 6) is 1.72. The minimum atomic E-state index is 0.842. The van der Waals surface area contributed by atoms with E-state index in [1.54, 1.807) is 14.2 Å². The highest BCUT2D eigenvalue weighted by Gasteiger charge is 2.10. The largest absolute Gasteiger partial charge is 0.496 e. The van der Waals surface area contributed by atoms with Crippen molar-refractivity contribution in [2.45, 2.75) is 6.92 Å². The van der Waals surface area contributed by atoms with Crippen molar-refractivity contribution in [1.29, 1.82) is 0 Å². The molecule has 0 aliphatic rings. The molecule has 74 valence electrons. The molecule has 0 aliphatic carbocycles. The van der Waals surface area contributed by atoms with Gasteiger partial charge in [0.1, 0.15) is 11.5 Å². The fourth-order valence-electron chi connectivity index (χ4n) is 1.69. The summed E-state index contributed by atoms with van der Waals surface area (Å²) in [6.07, 6.45) is 1.95. The first-order valence-electron chi connectivity index (χ1n) is 4.46. The lowest BCUT2D eigenvalue weighted by Gasteiger charge is -2.06. The molecule has 0 fully saturated rings. The number of aromatic amines is 1. The van der Waals surface area contributed by atoms with Gasteiger partial charge in [-0.2, -0.15) is 0 Å². The normalized spacial score (nSPS) is 10.5. The predicted octanol–water partition coefficient (Wildman–Crippen LogP) is 2.49. The zero-order valence-electron chi connectivity index (χ0n) is 8.55. The molecule has 0 spiro atoms. The number of aromatic nitrogens is 1. The average molecular weight is 191 g/mol. The molecule has 2 aromatic rings. The van der Waals surface area contributed by atoms with Crippen molar-refractivity contribution in [2.75, 3.05) is 14.2 Å². The van der Waals surface area contributed by atoms with Crippen molar-refractivity contribution in [1.82, 2.24) is 4.98 Å². The number of H-pyrrole nitrogens is 1. The van der Waals surface area contributed by atoms with Crippen LogP contribution in [0.3, 0.4) is 0 Å². The first-order chi connectivity index (χ1) is 6.77. The minimum Gasteiger partial charge on any atom is -0.496 e. The third-order valence-electron chi connectivity index (χ3n) is 2.40. The van der Waals surface area contributed by atoms with Crippen LogP contribution >= 0.6 is 0 Å².